The quantitative estimate of drug-likeness (QED) is 0.351. The van der Waals surface area contributed by atoms with E-state index in [1.54, 1.807) is 6.08 Å². The molecule has 0 aromatic heterocycles. The van der Waals surface area contributed by atoms with Gasteiger partial charge in [0.1, 0.15) is 0 Å². The van der Waals surface area contributed by atoms with Crippen LogP contribution >= 0.6 is 45.2 Å². The summed E-state index contributed by atoms with van der Waals surface area (Å²) in [6.07, 6.45) is 1.73. The molecule has 0 amide bonds. The van der Waals surface area contributed by atoms with Crippen molar-refractivity contribution in [2.45, 2.75) is 0 Å². The number of hydrogen-bond acceptors (Lipinski definition) is 3. The second kappa shape index (κ2) is 6.27. The zero-order valence-electron chi connectivity index (χ0n) is 10.7. The summed E-state index contributed by atoms with van der Waals surface area (Å²) in [7, 11) is 0. The average molecular weight is 501 g/mol. The number of benzene rings is 2. The molecule has 1 aliphatic heterocycles. The summed E-state index contributed by atoms with van der Waals surface area (Å²) < 4.78 is 7.50. The van der Waals surface area contributed by atoms with Crippen LogP contribution in [0.4, 0.5) is 0 Å². The van der Waals surface area contributed by atoms with Crippen LogP contribution in [0.25, 0.3) is 6.08 Å². The summed E-state index contributed by atoms with van der Waals surface area (Å²) in [5.74, 6) is -0.0599. The van der Waals surface area contributed by atoms with Crippen LogP contribution in [-0.4, -0.2) is 11.9 Å². The van der Waals surface area contributed by atoms with Crippen molar-refractivity contribution < 1.29 is 9.53 Å². The van der Waals surface area contributed by atoms with Gasteiger partial charge in [-0.05, 0) is 93.2 Å². The van der Waals surface area contributed by atoms with Gasteiger partial charge in [-0.15, -0.1) is 0 Å². The lowest BCUT2D eigenvalue weighted by molar-refractivity contribution is -0.129. The first kappa shape index (κ1) is 14.7. The Bertz CT molecular complexity index is 747. The van der Waals surface area contributed by atoms with E-state index in [-0.39, 0.29) is 0 Å². The van der Waals surface area contributed by atoms with Crippen molar-refractivity contribution in [1.29, 1.82) is 0 Å². The van der Waals surface area contributed by atoms with E-state index in [1.807, 2.05) is 48.5 Å². The second-order valence-corrected chi connectivity index (χ2v) is 6.89. The number of carbonyl (C=O) groups excluding carboxylic acids is 1. The lowest BCUT2D eigenvalue weighted by atomic mass is 10.2. The number of carbonyl (C=O) groups is 1. The first-order valence-corrected chi connectivity index (χ1v) is 8.32. The van der Waals surface area contributed by atoms with Crippen molar-refractivity contribution in [2.24, 2.45) is 4.99 Å². The van der Waals surface area contributed by atoms with Gasteiger partial charge in [0, 0.05) is 12.7 Å². The topological polar surface area (TPSA) is 38.7 Å². The van der Waals surface area contributed by atoms with Gasteiger partial charge in [-0.25, -0.2) is 9.79 Å². The second-order valence-electron chi connectivity index (χ2n) is 4.39. The minimum atomic E-state index is -0.415. The van der Waals surface area contributed by atoms with Gasteiger partial charge in [-0.1, -0.05) is 12.1 Å². The van der Waals surface area contributed by atoms with E-state index < -0.39 is 5.97 Å². The van der Waals surface area contributed by atoms with Gasteiger partial charge >= 0.3 is 5.97 Å². The third-order valence-corrected chi connectivity index (χ3v) is 4.32. The molecule has 0 saturated carbocycles. The highest BCUT2D eigenvalue weighted by Crippen LogP contribution is 2.20. The lowest BCUT2D eigenvalue weighted by Crippen LogP contribution is -2.05. The maximum Gasteiger partial charge on any atom is 0.363 e. The molecule has 0 N–H and O–H groups in total. The molecule has 0 bridgehead atoms. The molecule has 1 aliphatic rings. The molecule has 2 aromatic carbocycles. The van der Waals surface area contributed by atoms with Gasteiger partial charge in [0.05, 0.1) is 0 Å². The summed E-state index contributed by atoms with van der Waals surface area (Å²) >= 11 is 4.46. The van der Waals surface area contributed by atoms with Gasteiger partial charge in [0.25, 0.3) is 0 Å². The number of esters is 1. The summed E-state index contributed by atoms with van der Waals surface area (Å²) in [6, 6.07) is 15.5. The molecule has 1 heterocycles. The highest BCUT2D eigenvalue weighted by atomic mass is 127. The van der Waals surface area contributed by atoms with Crippen LogP contribution in [-0.2, 0) is 9.53 Å². The molecule has 0 saturated heterocycles. The molecule has 0 atom stereocenters. The van der Waals surface area contributed by atoms with Crippen molar-refractivity contribution in [2.75, 3.05) is 0 Å². The molecule has 0 radical (unpaired) electrons. The van der Waals surface area contributed by atoms with E-state index in [4.69, 9.17) is 4.74 Å². The fourth-order valence-electron chi connectivity index (χ4n) is 1.84. The Kier molecular flexibility index (Phi) is 4.39. The number of hydrogen-bond donors (Lipinski definition) is 0. The van der Waals surface area contributed by atoms with Gasteiger partial charge in [0.2, 0.25) is 5.90 Å². The van der Waals surface area contributed by atoms with E-state index >= 15 is 0 Å². The fraction of sp³-hybridized carbons (Fsp3) is 0. The Morgan fingerprint density at radius 1 is 0.905 bits per heavy atom. The van der Waals surface area contributed by atoms with Crippen LogP contribution in [0.2, 0.25) is 0 Å². The van der Waals surface area contributed by atoms with Crippen molar-refractivity contribution in [1.82, 2.24) is 0 Å². The van der Waals surface area contributed by atoms with E-state index in [9.17, 15) is 4.79 Å². The van der Waals surface area contributed by atoms with Crippen molar-refractivity contribution in [3.63, 3.8) is 0 Å². The Labute approximate surface area is 149 Å². The standard InChI is InChI=1S/C16H9I2NO2/c17-12-5-1-10(2-6-12)9-14-16(20)21-15(19-14)11-3-7-13(18)8-4-11/h1-9H/b14-9+. The van der Waals surface area contributed by atoms with Crippen molar-refractivity contribution >= 4 is 63.1 Å². The molecule has 104 valence electrons. The Balaban J connectivity index is 1.91. The molecule has 0 aliphatic carbocycles. The zero-order chi connectivity index (χ0) is 14.8. The van der Waals surface area contributed by atoms with E-state index in [1.165, 1.54) is 0 Å². The van der Waals surface area contributed by atoms with E-state index in [0.29, 0.717) is 11.6 Å². The molecule has 3 nitrogen and oxygen atoms in total. The number of ether oxygens (including phenoxy) is 1. The monoisotopic (exact) mass is 501 g/mol. The number of aliphatic imine (C=N–C) groups is 1. The smallest absolute Gasteiger partial charge is 0.363 e. The van der Waals surface area contributed by atoms with Crippen LogP contribution < -0.4 is 0 Å². The Hall–Kier alpha value is -1.22. The number of cyclic esters (lactones) is 1. The lowest BCUT2D eigenvalue weighted by Gasteiger charge is -1.98. The molecular formula is C16H9I2NO2. The molecular weight excluding hydrogens is 492 g/mol. The third kappa shape index (κ3) is 3.52. The van der Waals surface area contributed by atoms with Crippen LogP contribution in [0.1, 0.15) is 11.1 Å². The number of nitrogens with zero attached hydrogens (tertiary/aromatic N) is 1. The van der Waals surface area contributed by atoms with Crippen molar-refractivity contribution in [3.05, 3.63) is 72.5 Å². The Morgan fingerprint density at radius 2 is 1.48 bits per heavy atom. The van der Waals surface area contributed by atoms with Crippen LogP contribution in [0.5, 0.6) is 0 Å². The first-order chi connectivity index (χ1) is 10.1. The number of rotatable bonds is 2. The molecule has 0 fully saturated rings. The molecule has 21 heavy (non-hydrogen) atoms. The molecule has 3 rings (SSSR count). The summed E-state index contributed by atoms with van der Waals surface area (Å²) in [5.41, 5.74) is 2.05. The summed E-state index contributed by atoms with van der Waals surface area (Å²) in [5, 5.41) is 0. The number of halogens is 2. The van der Waals surface area contributed by atoms with Gasteiger partial charge < -0.3 is 4.74 Å². The van der Waals surface area contributed by atoms with Gasteiger partial charge in [-0.2, -0.15) is 0 Å². The van der Waals surface area contributed by atoms with Crippen LogP contribution in [0.3, 0.4) is 0 Å². The maximum absolute atomic E-state index is 11.9. The molecule has 2 aromatic rings. The van der Waals surface area contributed by atoms with E-state index in [2.05, 4.69) is 50.2 Å². The maximum atomic E-state index is 11.9. The van der Waals surface area contributed by atoms with Crippen molar-refractivity contribution in [3.8, 4) is 0 Å². The van der Waals surface area contributed by atoms with Gasteiger partial charge in [-0.3, -0.25) is 0 Å². The highest BCUT2D eigenvalue weighted by molar-refractivity contribution is 14.1. The predicted octanol–water partition coefficient (Wildman–Crippen LogP) is 4.24. The summed E-state index contributed by atoms with van der Waals surface area (Å²) in [6.45, 7) is 0. The Morgan fingerprint density at radius 3 is 2.10 bits per heavy atom. The largest absolute Gasteiger partial charge is 0.402 e. The third-order valence-electron chi connectivity index (χ3n) is 2.89. The van der Waals surface area contributed by atoms with Gasteiger partial charge in [0.15, 0.2) is 5.70 Å². The minimum absolute atomic E-state index is 0.324. The SMILES string of the molecule is O=C1OC(c2ccc(I)cc2)=N/C1=C/c1ccc(I)cc1. The van der Waals surface area contributed by atoms with Crippen LogP contribution in [0, 0.1) is 7.14 Å². The zero-order valence-corrected chi connectivity index (χ0v) is 15.0. The highest BCUT2D eigenvalue weighted by Gasteiger charge is 2.23. The molecule has 5 heteroatoms. The van der Waals surface area contributed by atoms with E-state index in [0.717, 1.165) is 18.3 Å². The first-order valence-electron chi connectivity index (χ1n) is 6.16. The predicted molar refractivity (Wildman–Crippen MR) is 98.9 cm³/mol. The van der Waals surface area contributed by atoms with Crippen LogP contribution in [0.15, 0.2) is 59.2 Å². The molecule has 0 unspecified atom stereocenters. The summed E-state index contributed by atoms with van der Waals surface area (Å²) in [4.78, 5) is 16.2. The normalized spacial score (nSPS) is 16.0. The average Bonchev–Trinajstić information content (AvgIpc) is 2.83. The molecule has 0 spiro atoms. The minimum Gasteiger partial charge on any atom is -0.402 e. The fourth-order valence-corrected chi connectivity index (χ4v) is 2.56.